The van der Waals surface area contributed by atoms with Gasteiger partial charge in [0.05, 0.1) is 17.4 Å². The minimum Gasteiger partial charge on any atom is -0.352 e. The molecule has 24 heavy (non-hydrogen) atoms. The van der Waals surface area contributed by atoms with Gasteiger partial charge in [0.15, 0.2) is 0 Å². The Morgan fingerprint density at radius 2 is 1.88 bits per heavy atom. The second-order valence-electron chi connectivity index (χ2n) is 6.02. The average Bonchev–Trinajstić information content (AvgIpc) is 2.56. The number of nitrogens with one attached hydrogen (secondary N) is 2. The highest BCUT2D eigenvalue weighted by molar-refractivity contribution is 8.00. The predicted molar refractivity (Wildman–Crippen MR) is 97.1 cm³/mol. The van der Waals surface area contributed by atoms with Crippen molar-refractivity contribution in [2.24, 2.45) is 0 Å². The first-order chi connectivity index (χ1) is 11.5. The third-order valence-corrected chi connectivity index (χ3v) is 5.13. The highest BCUT2D eigenvalue weighted by Gasteiger charge is 2.23. The summed E-state index contributed by atoms with van der Waals surface area (Å²) < 4.78 is 0. The first kappa shape index (κ1) is 16.6. The Hall–Kier alpha value is -2.27. The van der Waals surface area contributed by atoms with Crippen LogP contribution in [0.25, 0.3) is 0 Å². The second-order valence-corrected chi connectivity index (χ2v) is 7.40. The first-order valence-electron chi connectivity index (χ1n) is 7.94. The van der Waals surface area contributed by atoms with Crippen LogP contribution in [0, 0.1) is 6.92 Å². The quantitative estimate of drug-likeness (QED) is 0.898. The van der Waals surface area contributed by atoms with E-state index < -0.39 is 0 Å². The van der Waals surface area contributed by atoms with E-state index in [-0.39, 0.29) is 17.1 Å². The number of aryl methyl sites for hydroxylation is 1. The van der Waals surface area contributed by atoms with E-state index in [1.807, 2.05) is 56.3 Å². The van der Waals surface area contributed by atoms with Crippen molar-refractivity contribution < 1.29 is 9.59 Å². The van der Waals surface area contributed by atoms with E-state index in [1.54, 1.807) is 11.8 Å². The lowest BCUT2D eigenvalue weighted by atomic mass is 10.1. The molecular formula is C19H20N2O2S. The maximum absolute atomic E-state index is 12.1. The number of hydrogen-bond donors (Lipinski definition) is 2. The molecule has 5 heteroatoms. The molecule has 2 aromatic rings. The number of thioether (sulfide) groups is 1. The summed E-state index contributed by atoms with van der Waals surface area (Å²) in [6.45, 7) is 4.44. The zero-order chi connectivity index (χ0) is 17.1. The molecule has 1 heterocycles. The number of carbonyl (C=O) groups is 2. The molecule has 0 spiro atoms. The molecule has 3 rings (SSSR count). The van der Waals surface area contributed by atoms with Crippen LogP contribution in [0.2, 0.25) is 0 Å². The normalized spacial score (nSPS) is 16.2. The molecule has 0 fully saturated rings. The Balaban J connectivity index is 1.59. The molecule has 1 atom stereocenters. The van der Waals surface area contributed by atoms with Gasteiger partial charge in [0, 0.05) is 11.4 Å². The van der Waals surface area contributed by atoms with Gasteiger partial charge >= 0.3 is 0 Å². The van der Waals surface area contributed by atoms with E-state index >= 15 is 0 Å². The van der Waals surface area contributed by atoms with Crippen molar-refractivity contribution in [3.05, 3.63) is 59.2 Å². The molecule has 0 saturated carbocycles. The fraction of sp³-hybridized carbons (Fsp3) is 0.263. The molecule has 0 saturated heterocycles. The van der Waals surface area contributed by atoms with E-state index in [4.69, 9.17) is 0 Å². The summed E-state index contributed by atoms with van der Waals surface area (Å²) in [5.74, 6) is -0.0212. The van der Waals surface area contributed by atoms with E-state index in [9.17, 15) is 9.59 Å². The minimum atomic E-state index is -0.0823. The number of anilines is 1. The third kappa shape index (κ3) is 3.97. The summed E-state index contributed by atoms with van der Waals surface area (Å²) in [5.41, 5.74) is 3.97. The van der Waals surface area contributed by atoms with Gasteiger partial charge in [-0.3, -0.25) is 9.59 Å². The molecule has 1 unspecified atom stereocenters. The lowest BCUT2D eigenvalue weighted by Crippen LogP contribution is -2.27. The zero-order valence-corrected chi connectivity index (χ0v) is 14.6. The molecule has 124 valence electrons. The third-order valence-electron chi connectivity index (χ3n) is 3.95. The number of benzene rings is 2. The van der Waals surface area contributed by atoms with E-state index in [0.717, 1.165) is 21.7 Å². The lowest BCUT2D eigenvalue weighted by molar-refractivity contribution is -0.120. The monoisotopic (exact) mass is 340 g/mol. The SMILES string of the molecule is Cc1ccc(CNC(=O)Cc2ccc3c(c2)NC(=O)C(C)S3)cc1. The van der Waals surface area contributed by atoms with Gasteiger partial charge in [-0.2, -0.15) is 0 Å². The molecule has 0 aliphatic carbocycles. The number of hydrogen-bond acceptors (Lipinski definition) is 3. The van der Waals surface area contributed by atoms with Crippen LogP contribution in [0.3, 0.4) is 0 Å². The average molecular weight is 340 g/mol. The summed E-state index contributed by atoms with van der Waals surface area (Å²) in [5, 5.41) is 5.74. The van der Waals surface area contributed by atoms with Crippen molar-refractivity contribution in [3.8, 4) is 0 Å². The maximum atomic E-state index is 12.1. The molecule has 1 aliphatic heterocycles. The van der Waals surface area contributed by atoms with Gasteiger partial charge in [-0.25, -0.2) is 0 Å². The largest absolute Gasteiger partial charge is 0.352 e. The van der Waals surface area contributed by atoms with Crippen LogP contribution < -0.4 is 10.6 Å². The molecular weight excluding hydrogens is 320 g/mol. The van der Waals surface area contributed by atoms with E-state index in [2.05, 4.69) is 10.6 Å². The van der Waals surface area contributed by atoms with Gasteiger partial charge in [0.2, 0.25) is 11.8 Å². The second kappa shape index (κ2) is 7.09. The standard InChI is InChI=1S/C19H20N2O2S/c1-12-3-5-14(6-4-12)11-20-18(22)10-15-7-8-17-16(9-15)21-19(23)13(2)24-17/h3-9,13H,10-11H2,1-2H3,(H,20,22)(H,21,23). The lowest BCUT2D eigenvalue weighted by Gasteiger charge is -2.21. The molecule has 2 amide bonds. The fourth-order valence-electron chi connectivity index (χ4n) is 2.52. The van der Waals surface area contributed by atoms with Crippen LogP contribution in [0.5, 0.6) is 0 Å². The molecule has 1 aliphatic rings. The number of fused-ring (bicyclic) bond motifs is 1. The van der Waals surface area contributed by atoms with Crippen molar-refractivity contribution in [2.45, 2.75) is 37.0 Å². The number of rotatable bonds is 4. The predicted octanol–water partition coefficient (Wildman–Crippen LogP) is 3.29. The van der Waals surface area contributed by atoms with Crippen LogP contribution >= 0.6 is 11.8 Å². The Morgan fingerprint density at radius 1 is 1.17 bits per heavy atom. The van der Waals surface area contributed by atoms with Crippen LogP contribution in [0.15, 0.2) is 47.4 Å². The van der Waals surface area contributed by atoms with Crippen molar-refractivity contribution in [2.75, 3.05) is 5.32 Å². The maximum Gasteiger partial charge on any atom is 0.237 e. The van der Waals surface area contributed by atoms with Crippen LogP contribution in [0.1, 0.15) is 23.6 Å². The Bertz CT molecular complexity index is 771. The molecule has 4 nitrogen and oxygen atoms in total. The molecule has 0 radical (unpaired) electrons. The number of carbonyl (C=O) groups excluding carboxylic acids is 2. The van der Waals surface area contributed by atoms with E-state index in [1.165, 1.54) is 5.56 Å². The summed E-state index contributed by atoms with van der Waals surface area (Å²) in [6.07, 6.45) is 0.301. The number of amides is 2. The minimum absolute atomic E-state index is 0.00784. The first-order valence-corrected chi connectivity index (χ1v) is 8.82. The van der Waals surface area contributed by atoms with Crippen molar-refractivity contribution in [3.63, 3.8) is 0 Å². The molecule has 2 aromatic carbocycles. The summed E-state index contributed by atoms with van der Waals surface area (Å²) in [6, 6.07) is 13.9. The van der Waals surface area contributed by atoms with Gasteiger partial charge in [-0.15, -0.1) is 11.8 Å². The van der Waals surface area contributed by atoms with Crippen molar-refractivity contribution in [1.29, 1.82) is 0 Å². The molecule has 0 bridgehead atoms. The smallest absolute Gasteiger partial charge is 0.237 e. The van der Waals surface area contributed by atoms with Gasteiger partial charge in [-0.1, -0.05) is 35.9 Å². The Labute approximate surface area is 146 Å². The van der Waals surface area contributed by atoms with Crippen LogP contribution in [-0.2, 0) is 22.6 Å². The van der Waals surface area contributed by atoms with Gasteiger partial charge in [-0.05, 0) is 37.1 Å². The van der Waals surface area contributed by atoms with Gasteiger partial charge in [0.25, 0.3) is 0 Å². The summed E-state index contributed by atoms with van der Waals surface area (Å²) in [4.78, 5) is 24.9. The Morgan fingerprint density at radius 3 is 2.62 bits per heavy atom. The molecule has 0 aromatic heterocycles. The molecule has 2 N–H and O–H groups in total. The Kier molecular flexibility index (Phi) is 4.90. The summed E-state index contributed by atoms with van der Waals surface area (Å²) >= 11 is 1.54. The fourth-order valence-corrected chi connectivity index (χ4v) is 3.45. The summed E-state index contributed by atoms with van der Waals surface area (Å²) in [7, 11) is 0. The van der Waals surface area contributed by atoms with Crippen LogP contribution in [0.4, 0.5) is 5.69 Å². The zero-order valence-electron chi connectivity index (χ0n) is 13.8. The highest BCUT2D eigenvalue weighted by atomic mass is 32.2. The van der Waals surface area contributed by atoms with Gasteiger partial charge in [0.1, 0.15) is 0 Å². The van der Waals surface area contributed by atoms with Crippen LogP contribution in [-0.4, -0.2) is 17.1 Å². The van der Waals surface area contributed by atoms with E-state index in [0.29, 0.717) is 13.0 Å². The van der Waals surface area contributed by atoms with Crippen molar-refractivity contribution in [1.82, 2.24) is 5.32 Å². The highest BCUT2D eigenvalue weighted by Crippen LogP contribution is 2.35. The van der Waals surface area contributed by atoms with Gasteiger partial charge < -0.3 is 10.6 Å². The topological polar surface area (TPSA) is 58.2 Å². The van der Waals surface area contributed by atoms with Crippen molar-refractivity contribution >= 4 is 29.3 Å².